The van der Waals surface area contributed by atoms with Gasteiger partial charge in [-0.15, -0.1) is 0 Å². The molecule has 4 heteroatoms. The van der Waals surface area contributed by atoms with Crippen molar-refractivity contribution in [3.63, 3.8) is 0 Å². The zero-order valence-electron chi connectivity index (χ0n) is 11.8. The minimum absolute atomic E-state index is 0.708. The highest BCUT2D eigenvalue weighted by Crippen LogP contribution is 2.34. The second kappa shape index (κ2) is 5.29. The number of hydrogen-bond donors (Lipinski definition) is 1. The van der Waals surface area contributed by atoms with E-state index in [4.69, 9.17) is 0 Å². The molecule has 19 heavy (non-hydrogen) atoms. The first-order valence-corrected chi connectivity index (χ1v) is 7.17. The van der Waals surface area contributed by atoms with E-state index in [1.54, 1.807) is 6.20 Å². The first kappa shape index (κ1) is 12.6. The number of nitrogens with one attached hydrogen (secondary N) is 1. The van der Waals surface area contributed by atoms with E-state index in [9.17, 15) is 0 Å². The molecule has 1 aliphatic carbocycles. The number of aryl methyl sites for hydroxylation is 1. The third-order valence-corrected chi connectivity index (χ3v) is 4.54. The van der Waals surface area contributed by atoms with Crippen molar-refractivity contribution in [1.29, 1.82) is 0 Å². The Morgan fingerprint density at radius 2 is 2.32 bits per heavy atom. The number of hydrazone groups is 1. The number of pyridine rings is 1. The second-order valence-corrected chi connectivity index (χ2v) is 5.80. The minimum Gasteiger partial charge on any atom is -0.303 e. The molecule has 1 saturated carbocycles. The van der Waals surface area contributed by atoms with Crippen LogP contribution < -0.4 is 5.43 Å². The lowest BCUT2D eigenvalue weighted by Gasteiger charge is -2.30. The van der Waals surface area contributed by atoms with Crippen molar-refractivity contribution in [1.82, 2.24) is 9.88 Å². The highest BCUT2D eigenvalue weighted by molar-refractivity contribution is 5.86. The fourth-order valence-electron chi connectivity index (χ4n) is 3.28. The normalized spacial score (nSPS) is 29.5. The molecular weight excluding hydrogens is 236 g/mol. The molecule has 2 heterocycles. The molecule has 1 aromatic rings. The molecule has 0 spiro atoms. The summed E-state index contributed by atoms with van der Waals surface area (Å²) in [6, 6.07) is 4.71. The SMILES string of the molecule is Cc1cccnc1N/N=C1/CCC2CCN(C)C2C1. The summed E-state index contributed by atoms with van der Waals surface area (Å²) in [5, 5.41) is 4.59. The van der Waals surface area contributed by atoms with Gasteiger partial charge in [-0.05, 0) is 57.3 Å². The zero-order chi connectivity index (χ0) is 13.2. The van der Waals surface area contributed by atoms with Gasteiger partial charge in [0.15, 0.2) is 0 Å². The summed E-state index contributed by atoms with van der Waals surface area (Å²) in [5.74, 6) is 1.76. The van der Waals surface area contributed by atoms with Crippen LogP contribution in [-0.2, 0) is 0 Å². The molecule has 1 N–H and O–H groups in total. The summed E-state index contributed by atoms with van der Waals surface area (Å²) in [4.78, 5) is 6.81. The van der Waals surface area contributed by atoms with Crippen LogP contribution in [0.2, 0.25) is 0 Å². The maximum Gasteiger partial charge on any atom is 0.149 e. The Kier molecular flexibility index (Phi) is 3.51. The predicted molar refractivity (Wildman–Crippen MR) is 78.4 cm³/mol. The van der Waals surface area contributed by atoms with Crippen LogP contribution in [0.5, 0.6) is 0 Å². The van der Waals surface area contributed by atoms with Gasteiger partial charge in [0.2, 0.25) is 0 Å². The van der Waals surface area contributed by atoms with Crippen LogP contribution >= 0.6 is 0 Å². The molecule has 3 rings (SSSR count). The van der Waals surface area contributed by atoms with Crippen molar-refractivity contribution in [2.24, 2.45) is 11.0 Å². The van der Waals surface area contributed by atoms with Gasteiger partial charge in [-0.2, -0.15) is 5.10 Å². The molecular formula is C15H22N4. The van der Waals surface area contributed by atoms with Crippen molar-refractivity contribution in [2.45, 2.75) is 38.6 Å². The van der Waals surface area contributed by atoms with Gasteiger partial charge in [-0.3, -0.25) is 5.43 Å². The smallest absolute Gasteiger partial charge is 0.149 e. The van der Waals surface area contributed by atoms with E-state index in [0.29, 0.717) is 6.04 Å². The number of fused-ring (bicyclic) bond motifs is 1. The summed E-state index contributed by atoms with van der Waals surface area (Å²) >= 11 is 0. The number of nitrogens with zero attached hydrogens (tertiary/aromatic N) is 3. The number of hydrogen-bond acceptors (Lipinski definition) is 4. The molecule has 2 aliphatic rings. The average molecular weight is 258 g/mol. The number of anilines is 1. The largest absolute Gasteiger partial charge is 0.303 e. The van der Waals surface area contributed by atoms with E-state index in [2.05, 4.69) is 40.4 Å². The molecule has 1 saturated heterocycles. The number of rotatable bonds is 2. The maximum atomic E-state index is 4.59. The summed E-state index contributed by atoms with van der Waals surface area (Å²) < 4.78 is 0. The lowest BCUT2D eigenvalue weighted by atomic mass is 9.84. The van der Waals surface area contributed by atoms with Gasteiger partial charge in [0.05, 0.1) is 0 Å². The van der Waals surface area contributed by atoms with E-state index in [-0.39, 0.29) is 0 Å². The standard InChI is InChI=1S/C15H22N4/c1-11-4-3-8-16-15(11)18-17-13-6-5-12-7-9-19(2)14(12)10-13/h3-4,8,12,14H,5-7,9-10H2,1-2H3,(H,16,18)/b17-13-. The van der Waals surface area contributed by atoms with Crippen molar-refractivity contribution in [3.8, 4) is 0 Å². The molecule has 102 valence electrons. The Hall–Kier alpha value is -1.42. The molecule has 0 amide bonds. The molecule has 0 aromatic carbocycles. The lowest BCUT2D eigenvalue weighted by Crippen LogP contribution is -2.35. The highest BCUT2D eigenvalue weighted by atomic mass is 15.3. The van der Waals surface area contributed by atoms with E-state index >= 15 is 0 Å². The number of aromatic nitrogens is 1. The third-order valence-electron chi connectivity index (χ3n) is 4.54. The Labute approximate surface area is 114 Å². The van der Waals surface area contributed by atoms with Crippen LogP contribution in [0.25, 0.3) is 0 Å². The predicted octanol–water partition coefficient (Wildman–Crippen LogP) is 2.66. The molecule has 2 unspecified atom stereocenters. The minimum atomic E-state index is 0.708. The van der Waals surface area contributed by atoms with Crippen LogP contribution in [0, 0.1) is 12.8 Å². The quantitative estimate of drug-likeness (QED) is 0.829. The molecule has 1 aliphatic heterocycles. The van der Waals surface area contributed by atoms with Crippen molar-refractivity contribution in [3.05, 3.63) is 23.9 Å². The fraction of sp³-hybridized carbons (Fsp3) is 0.600. The van der Waals surface area contributed by atoms with Gasteiger partial charge in [0.1, 0.15) is 5.82 Å². The van der Waals surface area contributed by atoms with Gasteiger partial charge in [-0.1, -0.05) is 6.07 Å². The van der Waals surface area contributed by atoms with E-state index < -0.39 is 0 Å². The highest BCUT2D eigenvalue weighted by Gasteiger charge is 2.35. The van der Waals surface area contributed by atoms with Crippen LogP contribution in [-0.4, -0.2) is 35.2 Å². The average Bonchev–Trinajstić information content (AvgIpc) is 2.79. The summed E-state index contributed by atoms with van der Waals surface area (Å²) in [6.45, 7) is 3.30. The van der Waals surface area contributed by atoms with Crippen molar-refractivity contribution in [2.75, 3.05) is 19.0 Å². The van der Waals surface area contributed by atoms with E-state index in [0.717, 1.165) is 30.1 Å². The van der Waals surface area contributed by atoms with Gasteiger partial charge in [0.25, 0.3) is 0 Å². The molecule has 1 aromatic heterocycles. The fourth-order valence-corrected chi connectivity index (χ4v) is 3.28. The van der Waals surface area contributed by atoms with Gasteiger partial charge in [-0.25, -0.2) is 4.98 Å². The van der Waals surface area contributed by atoms with Gasteiger partial charge < -0.3 is 4.90 Å². The molecule has 0 bridgehead atoms. The van der Waals surface area contributed by atoms with Crippen LogP contribution in [0.1, 0.15) is 31.2 Å². The first-order chi connectivity index (χ1) is 9.24. The van der Waals surface area contributed by atoms with Crippen LogP contribution in [0.4, 0.5) is 5.82 Å². The molecule has 0 radical (unpaired) electrons. The summed E-state index contributed by atoms with van der Waals surface area (Å²) in [5.41, 5.74) is 5.56. The Morgan fingerprint density at radius 1 is 1.42 bits per heavy atom. The monoisotopic (exact) mass is 258 g/mol. The van der Waals surface area contributed by atoms with E-state index in [1.165, 1.54) is 25.1 Å². The zero-order valence-corrected chi connectivity index (χ0v) is 11.8. The summed E-state index contributed by atoms with van der Waals surface area (Å²) in [6.07, 6.45) is 6.70. The summed E-state index contributed by atoms with van der Waals surface area (Å²) in [7, 11) is 2.24. The maximum absolute atomic E-state index is 4.59. The Morgan fingerprint density at radius 3 is 3.16 bits per heavy atom. The molecule has 2 fully saturated rings. The third kappa shape index (κ3) is 2.63. The first-order valence-electron chi connectivity index (χ1n) is 7.17. The van der Waals surface area contributed by atoms with Crippen LogP contribution in [0.3, 0.4) is 0 Å². The topological polar surface area (TPSA) is 40.5 Å². The number of likely N-dealkylation sites (tertiary alicyclic amines) is 1. The molecule has 2 atom stereocenters. The van der Waals surface area contributed by atoms with E-state index in [1.807, 2.05) is 6.07 Å². The lowest BCUT2D eigenvalue weighted by molar-refractivity contribution is 0.261. The molecule has 4 nitrogen and oxygen atoms in total. The van der Waals surface area contributed by atoms with Gasteiger partial charge >= 0.3 is 0 Å². The van der Waals surface area contributed by atoms with Crippen molar-refractivity contribution >= 4 is 11.5 Å². The van der Waals surface area contributed by atoms with Gasteiger partial charge in [0, 0.05) is 24.4 Å². The second-order valence-electron chi connectivity index (χ2n) is 5.80. The Balaban J connectivity index is 1.66. The van der Waals surface area contributed by atoms with Crippen molar-refractivity contribution < 1.29 is 0 Å². The van der Waals surface area contributed by atoms with Crippen LogP contribution in [0.15, 0.2) is 23.4 Å². The Bertz CT molecular complexity index is 483.